The van der Waals surface area contributed by atoms with Gasteiger partial charge in [-0.1, -0.05) is 60.1 Å². The third-order valence-electron chi connectivity index (χ3n) is 7.03. The number of rotatable bonds is 7. The van der Waals surface area contributed by atoms with Crippen LogP contribution < -0.4 is 5.32 Å². The number of nitrogens with zero attached hydrogens (tertiary/aromatic N) is 1. The summed E-state index contributed by atoms with van der Waals surface area (Å²) in [4.78, 5) is 26.0. The average molecular weight is 545 g/mol. The van der Waals surface area contributed by atoms with E-state index in [0.29, 0.717) is 17.9 Å². The van der Waals surface area contributed by atoms with Crippen LogP contribution in [0.2, 0.25) is 5.02 Å². The number of esters is 1. The molecule has 1 aromatic heterocycles. The van der Waals surface area contributed by atoms with E-state index in [1.165, 1.54) is 0 Å². The Hall–Kier alpha value is -3.77. The number of benzene rings is 3. The molecule has 1 aliphatic rings. The van der Waals surface area contributed by atoms with Crippen molar-refractivity contribution in [2.75, 3.05) is 6.61 Å². The van der Waals surface area contributed by atoms with Gasteiger partial charge in [0.05, 0.1) is 10.5 Å². The Balaban J connectivity index is 1.28. The number of nitrogens with one attached hydrogen (secondary N) is 1. The van der Waals surface area contributed by atoms with Crippen molar-refractivity contribution in [1.82, 2.24) is 9.88 Å². The van der Waals surface area contributed by atoms with Crippen LogP contribution in [0.1, 0.15) is 49.8 Å². The summed E-state index contributed by atoms with van der Waals surface area (Å²) in [6.07, 6.45) is 2.18. The van der Waals surface area contributed by atoms with Gasteiger partial charge in [0.1, 0.15) is 18.2 Å². The van der Waals surface area contributed by atoms with Gasteiger partial charge in [0, 0.05) is 24.5 Å². The second-order valence-electron chi connectivity index (χ2n) is 11.0. The lowest BCUT2D eigenvalue weighted by Gasteiger charge is -2.25. The lowest BCUT2D eigenvalue weighted by molar-refractivity contribution is -0.157. The number of fused-ring (bicyclic) bond motifs is 4. The van der Waals surface area contributed by atoms with Crippen LogP contribution in [0.4, 0.5) is 4.79 Å². The number of alkyl carbamates (subject to hydrolysis) is 1. The van der Waals surface area contributed by atoms with E-state index in [1.54, 1.807) is 20.8 Å². The second-order valence-corrected chi connectivity index (χ2v) is 11.4. The van der Waals surface area contributed by atoms with Gasteiger partial charge in [-0.3, -0.25) is 0 Å². The molecule has 0 unspecified atom stereocenters. The van der Waals surface area contributed by atoms with E-state index in [-0.39, 0.29) is 12.5 Å². The molecule has 1 aliphatic carbocycles. The van der Waals surface area contributed by atoms with Crippen LogP contribution in [0, 0.1) is 0 Å². The van der Waals surface area contributed by atoms with E-state index < -0.39 is 23.7 Å². The molecule has 0 spiro atoms. The van der Waals surface area contributed by atoms with Crippen molar-refractivity contribution in [2.24, 2.45) is 7.05 Å². The molecule has 4 aromatic rings. The third-order valence-corrected chi connectivity index (χ3v) is 7.32. The van der Waals surface area contributed by atoms with Gasteiger partial charge in [0.25, 0.3) is 0 Å². The number of hydrogen-bond acceptors (Lipinski definition) is 4. The summed E-state index contributed by atoms with van der Waals surface area (Å²) in [5.74, 6) is -0.564. The zero-order chi connectivity index (χ0) is 27.7. The molecule has 7 heteroatoms. The molecule has 0 aliphatic heterocycles. The summed E-state index contributed by atoms with van der Waals surface area (Å²) < 4.78 is 13.3. The Morgan fingerprint density at radius 3 is 2.28 bits per heavy atom. The van der Waals surface area contributed by atoms with Crippen LogP contribution in [0.25, 0.3) is 22.0 Å². The van der Waals surface area contributed by atoms with Gasteiger partial charge in [0.15, 0.2) is 0 Å². The Kier molecular flexibility index (Phi) is 7.41. The Morgan fingerprint density at radius 2 is 1.64 bits per heavy atom. The zero-order valence-corrected chi connectivity index (χ0v) is 23.4. The Bertz CT molecular complexity index is 1490. The summed E-state index contributed by atoms with van der Waals surface area (Å²) in [7, 11) is 1.95. The number of hydrogen-bond donors (Lipinski definition) is 1. The number of ether oxygens (including phenoxy) is 2. The van der Waals surface area contributed by atoms with E-state index in [4.69, 9.17) is 21.1 Å². The number of carbonyl (C=O) groups excluding carboxylic acids is 2. The zero-order valence-electron chi connectivity index (χ0n) is 22.7. The molecule has 1 heterocycles. The molecule has 202 valence electrons. The van der Waals surface area contributed by atoms with Crippen molar-refractivity contribution in [2.45, 2.75) is 51.2 Å². The Morgan fingerprint density at radius 1 is 1.00 bits per heavy atom. The van der Waals surface area contributed by atoms with Crippen LogP contribution in [-0.2, 0) is 27.7 Å². The molecule has 0 saturated heterocycles. The van der Waals surface area contributed by atoms with Gasteiger partial charge in [-0.2, -0.15) is 0 Å². The number of aryl methyl sites for hydroxylation is 2. The molecule has 5 rings (SSSR count). The standard InChI is InChI=1S/C32H33ClN2O4/c1-32(2,3)39-30(36)28(14-13-20-17-21-15-16-35(4)29(21)27(33)18-20)34-31(37)38-19-26-24-11-7-5-9-22(24)23-10-6-8-12-25(23)26/h5-12,15-18,26,28H,13-14,19H2,1-4H3,(H,34,37)/t28-/m0/s1. The molecule has 1 amide bonds. The van der Waals surface area contributed by atoms with Crippen LogP contribution in [0.3, 0.4) is 0 Å². The second kappa shape index (κ2) is 10.8. The number of carbonyl (C=O) groups is 2. The lowest BCUT2D eigenvalue weighted by atomic mass is 9.98. The fourth-order valence-electron chi connectivity index (χ4n) is 5.30. The van der Waals surface area contributed by atoms with Gasteiger partial charge < -0.3 is 19.4 Å². The molecule has 3 aromatic carbocycles. The molecular formula is C32H33ClN2O4. The van der Waals surface area contributed by atoms with Gasteiger partial charge in [-0.05, 0) is 79.6 Å². The van der Waals surface area contributed by atoms with E-state index in [2.05, 4.69) is 35.6 Å². The van der Waals surface area contributed by atoms with E-state index in [9.17, 15) is 9.59 Å². The van der Waals surface area contributed by atoms with Crippen LogP contribution in [0.5, 0.6) is 0 Å². The maximum absolute atomic E-state index is 13.1. The first-order chi connectivity index (χ1) is 18.6. The number of halogens is 1. The largest absolute Gasteiger partial charge is 0.458 e. The Labute approximate surface area is 233 Å². The minimum atomic E-state index is -0.870. The SMILES string of the molecule is Cn1ccc2cc(CC[C@H](NC(=O)OCC3c4ccccc4-c4ccccc43)C(=O)OC(C)(C)C)cc(Cl)c21. The van der Waals surface area contributed by atoms with Crippen molar-refractivity contribution in [3.63, 3.8) is 0 Å². The highest BCUT2D eigenvalue weighted by Crippen LogP contribution is 2.44. The fourth-order valence-corrected chi connectivity index (χ4v) is 5.69. The molecule has 1 atom stereocenters. The minimum Gasteiger partial charge on any atom is -0.458 e. The van der Waals surface area contributed by atoms with E-state index >= 15 is 0 Å². The third kappa shape index (κ3) is 5.81. The molecule has 39 heavy (non-hydrogen) atoms. The van der Waals surface area contributed by atoms with Gasteiger partial charge >= 0.3 is 12.1 Å². The first-order valence-corrected chi connectivity index (χ1v) is 13.6. The fraction of sp³-hybridized carbons (Fsp3) is 0.312. The summed E-state index contributed by atoms with van der Waals surface area (Å²) in [5, 5.41) is 4.44. The van der Waals surface area contributed by atoms with Crippen molar-refractivity contribution in [3.05, 3.63) is 94.6 Å². The van der Waals surface area contributed by atoms with E-state index in [1.807, 2.05) is 54.2 Å². The highest BCUT2D eigenvalue weighted by atomic mass is 35.5. The lowest BCUT2D eigenvalue weighted by Crippen LogP contribution is -2.45. The first-order valence-electron chi connectivity index (χ1n) is 13.2. The molecule has 0 saturated carbocycles. The maximum atomic E-state index is 13.1. The van der Waals surface area contributed by atoms with Crippen LogP contribution in [-0.4, -0.2) is 34.9 Å². The highest BCUT2D eigenvalue weighted by Gasteiger charge is 2.31. The minimum absolute atomic E-state index is 0.0668. The average Bonchev–Trinajstić information content (AvgIpc) is 3.42. The normalized spacial score (nSPS) is 13.6. The van der Waals surface area contributed by atoms with Gasteiger partial charge in [-0.15, -0.1) is 0 Å². The van der Waals surface area contributed by atoms with Gasteiger partial charge in [-0.25, -0.2) is 9.59 Å². The quantitative estimate of drug-likeness (QED) is 0.254. The molecule has 0 radical (unpaired) electrons. The topological polar surface area (TPSA) is 69.6 Å². The van der Waals surface area contributed by atoms with Crippen LogP contribution in [0.15, 0.2) is 72.9 Å². The molecule has 6 nitrogen and oxygen atoms in total. The maximum Gasteiger partial charge on any atom is 0.407 e. The summed E-state index contributed by atoms with van der Waals surface area (Å²) in [6.45, 7) is 5.58. The predicted octanol–water partition coefficient (Wildman–Crippen LogP) is 7.01. The molecular weight excluding hydrogens is 512 g/mol. The smallest absolute Gasteiger partial charge is 0.407 e. The van der Waals surface area contributed by atoms with Crippen LogP contribution >= 0.6 is 11.6 Å². The van der Waals surface area contributed by atoms with Crippen molar-refractivity contribution in [1.29, 1.82) is 0 Å². The van der Waals surface area contributed by atoms with Crippen molar-refractivity contribution in [3.8, 4) is 11.1 Å². The van der Waals surface area contributed by atoms with Gasteiger partial charge in [0.2, 0.25) is 0 Å². The first kappa shape index (κ1) is 26.8. The summed E-state index contributed by atoms with van der Waals surface area (Å²) >= 11 is 6.53. The molecule has 0 bridgehead atoms. The summed E-state index contributed by atoms with van der Waals surface area (Å²) in [6, 6.07) is 21.4. The van der Waals surface area contributed by atoms with Crippen molar-refractivity contribution >= 4 is 34.6 Å². The highest BCUT2D eigenvalue weighted by molar-refractivity contribution is 6.35. The molecule has 1 N–H and O–H groups in total. The predicted molar refractivity (Wildman–Crippen MR) is 154 cm³/mol. The number of aromatic nitrogens is 1. The summed E-state index contributed by atoms with van der Waals surface area (Å²) in [5.41, 5.74) is 5.81. The number of amides is 1. The monoisotopic (exact) mass is 544 g/mol. The van der Waals surface area contributed by atoms with Crippen molar-refractivity contribution < 1.29 is 19.1 Å². The van der Waals surface area contributed by atoms with E-state index in [0.717, 1.165) is 38.7 Å². The molecule has 0 fully saturated rings.